The van der Waals surface area contributed by atoms with Gasteiger partial charge in [-0.3, -0.25) is 14.8 Å². The van der Waals surface area contributed by atoms with Crippen molar-refractivity contribution < 1.29 is 14.8 Å². The van der Waals surface area contributed by atoms with Crippen molar-refractivity contribution in [2.24, 2.45) is 28.9 Å². The van der Waals surface area contributed by atoms with E-state index in [9.17, 15) is 9.59 Å². The molecule has 3 aliphatic carbocycles. The molecule has 2 aromatic carbocycles. The molecule has 2 amide bonds. The van der Waals surface area contributed by atoms with E-state index >= 15 is 0 Å². The maximum absolute atomic E-state index is 12.4. The molecule has 2 bridgehead atoms. The second-order valence-corrected chi connectivity index (χ2v) is 10.0. The van der Waals surface area contributed by atoms with Gasteiger partial charge in [0.05, 0.1) is 0 Å². The molecule has 3 saturated carbocycles. The molecule has 2 unspecified atom stereocenters. The van der Waals surface area contributed by atoms with Gasteiger partial charge in [0.2, 0.25) is 0 Å². The van der Waals surface area contributed by atoms with Crippen LogP contribution in [0.5, 0.6) is 0 Å². The van der Waals surface area contributed by atoms with Gasteiger partial charge >= 0.3 is 0 Å². The number of hydrogen-bond donors (Lipinski definition) is 5. The summed E-state index contributed by atoms with van der Waals surface area (Å²) in [5.41, 5.74) is 11.2. The molecule has 3 aliphatic rings. The number of carbonyl (C=O) groups is 2. The minimum atomic E-state index is -0.993. The normalized spacial score (nSPS) is 25.7. The van der Waals surface area contributed by atoms with Gasteiger partial charge in [-0.15, -0.1) is 0 Å². The van der Waals surface area contributed by atoms with Gasteiger partial charge in [0.1, 0.15) is 6.04 Å². The van der Waals surface area contributed by atoms with Gasteiger partial charge in [-0.2, -0.15) is 0 Å². The number of fused-ring (bicyclic) bond motifs is 1. The van der Waals surface area contributed by atoms with E-state index < -0.39 is 17.9 Å². The van der Waals surface area contributed by atoms with Gasteiger partial charge in [0.15, 0.2) is 0 Å². The van der Waals surface area contributed by atoms with Crippen LogP contribution in [0.2, 0.25) is 0 Å². The van der Waals surface area contributed by atoms with Gasteiger partial charge in [-0.25, -0.2) is 5.48 Å². The van der Waals surface area contributed by atoms with E-state index in [4.69, 9.17) is 10.9 Å². The van der Waals surface area contributed by atoms with Crippen molar-refractivity contribution in [3.05, 3.63) is 59.7 Å². The highest BCUT2D eigenvalue weighted by atomic mass is 16.5. The Bertz CT molecular complexity index is 1000. The van der Waals surface area contributed by atoms with E-state index in [1.54, 1.807) is 12.1 Å². The van der Waals surface area contributed by atoms with E-state index in [1.165, 1.54) is 17.5 Å². The number of rotatable bonds is 8. The Morgan fingerprint density at radius 1 is 1.06 bits per heavy atom. The Morgan fingerprint density at radius 3 is 2.15 bits per heavy atom. The van der Waals surface area contributed by atoms with Crippen molar-refractivity contribution in [3.63, 3.8) is 0 Å². The van der Waals surface area contributed by atoms with Crippen molar-refractivity contribution in [3.8, 4) is 11.1 Å². The number of nitrogens with one attached hydrogen (secondary N) is 3. The first kappa shape index (κ1) is 23.4. The maximum atomic E-state index is 12.4. The number of amides is 2. The minimum absolute atomic E-state index is 0.115. The fraction of sp³-hybridized carbons (Fsp3) is 0.462. The SMILES string of the molecule is C[C@@H]1C(NCc2ccc(-c3ccc(C(=O)N[C@@H](CN)C(=O)NO)cc3)cc2)C2C[C@@H]1C2(C)C. The maximum Gasteiger partial charge on any atom is 0.267 e. The summed E-state index contributed by atoms with van der Waals surface area (Å²) in [5, 5.41) is 15.0. The molecule has 5 atom stereocenters. The largest absolute Gasteiger partial charge is 0.339 e. The molecule has 6 N–H and O–H groups in total. The first-order valence-corrected chi connectivity index (χ1v) is 11.6. The molecule has 176 valence electrons. The van der Waals surface area contributed by atoms with Gasteiger partial charge in [-0.05, 0) is 58.4 Å². The topological polar surface area (TPSA) is 116 Å². The summed E-state index contributed by atoms with van der Waals surface area (Å²) in [5.74, 6) is 1.19. The van der Waals surface area contributed by atoms with E-state index in [1.807, 2.05) is 12.1 Å². The lowest BCUT2D eigenvalue weighted by Crippen LogP contribution is -2.50. The van der Waals surface area contributed by atoms with Crippen LogP contribution >= 0.6 is 0 Å². The Balaban J connectivity index is 1.34. The Hall–Kier alpha value is -2.74. The molecule has 7 heteroatoms. The Labute approximate surface area is 195 Å². The van der Waals surface area contributed by atoms with Crippen LogP contribution in [0.25, 0.3) is 11.1 Å². The highest BCUT2D eigenvalue weighted by molar-refractivity contribution is 5.97. The van der Waals surface area contributed by atoms with Gasteiger partial charge < -0.3 is 16.4 Å². The van der Waals surface area contributed by atoms with Crippen LogP contribution in [0.1, 0.15) is 43.1 Å². The lowest BCUT2D eigenvalue weighted by atomic mass is 9.60. The van der Waals surface area contributed by atoms with Crippen LogP contribution < -0.4 is 21.8 Å². The molecule has 0 saturated heterocycles. The highest BCUT2D eigenvalue weighted by Gasteiger charge is 2.61. The number of hydroxylamine groups is 1. The van der Waals surface area contributed by atoms with Crippen molar-refractivity contribution in [2.75, 3.05) is 6.54 Å². The average molecular weight is 451 g/mol. The molecule has 0 heterocycles. The molecule has 33 heavy (non-hydrogen) atoms. The van der Waals surface area contributed by atoms with Gasteiger partial charge in [0.25, 0.3) is 11.8 Å². The number of hydrogen-bond acceptors (Lipinski definition) is 5. The van der Waals surface area contributed by atoms with Crippen molar-refractivity contribution in [2.45, 2.75) is 45.8 Å². The molecule has 0 spiro atoms. The third kappa shape index (κ3) is 4.40. The molecule has 5 rings (SSSR count). The number of nitrogens with two attached hydrogens (primary N) is 1. The van der Waals surface area contributed by atoms with Crippen LogP contribution in [-0.4, -0.2) is 35.7 Å². The zero-order valence-electron chi connectivity index (χ0n) is 19.5. The molecule has 3 fully saturated rings. The first-order valence-electron chi connectivity index (χ1n) is 11.6. The lowest BCUT2D eigenvalue weighted by molar-refractivity contribution is -0.130. The summed E-state index contributed by atoms with van der Waals surface area (Å²) >= 11 is 0. The Morgan fingerprint density at radius 2 is 1.67 bits per heavy atom. The molecule has 2 aromatic rings. The molecule has 0 radical (unpaired) electrons. The molecule has 0 aromatic heterocycles. The summed E-state index contributed by atoms with van der Waals surface area (Å²) in [6.45, 7) is 7.97. The average Bonchev–Trinajstić information content (AvgIpc) is 3.28. The van der Waals surface area contributed by atoms with Crippen molar-refractivity contribution >= 4 is 11.8 Å². The standard InChI is InChI=1S/C26H34N4O3/c1-15-20-12-21(26(20,2)3)23(15)28-14-16-4-6-17(7-5-16)18-8-10-19(11-9-18)24(31)29-22(13-27)25(32)30-33/h4-11,15,20-23,28,33H,12-14,27H2,1-3H3,(H,29,31)(H,30,32)/t15-,20-,21?,22-,23?/m0/s1. The fourth-order valence-electron chi connectivity index (χ4n) is 5.86. The molecule has 0 aliphatic heterocycles. The Kier molecular flexibility index (Phi) is 6.56. The summed E-state index contributed by atoms with van der Waals surface area (Å²) in [6, 6.07) is 15.3. The monoisotopic (exact) mass is 450 g/mol. The summed E-state index contributed by atoms with van der Waals surface area (Å²) in [4.78, 5) is 23.9. The predicted molar refractivity (Wildman–Crippen MR) is 127 cm³/mol. The minimum Gasteiger partial charge on any atom is -0.339 e. The highest BCUT2D eigenvalue weighted by Crippen LogP contribution is 2.64. The quantitative estimate of drug-likeness (QED) is 0.313. The fourth-order valence-corrected chi connectivity index (χ4v) is 5.86. The van der Waals surface area contributed by atoms with E-state index in [2.05, 4.69) is 55.7 Å². The summed E-state index contributed by atoms with van der Waals surface area (Å²) < 4.78 is 0. The van der Waals surface area contributed by atoms with E-state index in [-0.39, 0.29) is 6.54 Å². The number of carbonyl (C=O) groups excluding carboxylic acids is 2. The van der Waals surface area contributed by atoms with E-state index in [0.717, 1.165) is 35.4 Å². The van der Waals surface area contributed by atoms with Crippen LogP contribution in [-0.2, 0) is 11.3 Å². The summed E-state index contributed by atoms with van der Waals surface area (Å²) in [6.07, 6.45) is 1.36. The zero-order valence-corrected chi connectivity index (χ0v) is 19.5. The van der Waals surface area contributed by atoms with E-state index in [0.29, 0.717) is 17.0 Å². The van der Waals surface area contributed by atoms with Crippen LogP contribution in [0.15, 0.2) is 48.5 Å². The molecule has 7 nitrogen and oxygen atoms in total. The molecular weight excluding hydrogens is 416 g/mol. The zero-order chi connectivity index (χ0) is 23.8. The van der Waals surface area contributed by atoms with Crippen LogP contribution in [0.3, 0.4) is 0 Å². The third-order valence-electron chi connectivity index (χ3n) is 8.00. The first-order chi connectivity index (χ1) is 15.8. The smallest absolute Gasteiger partial charge is 0.267 e. The van der Waals surface area contributed by atoms with Crippen LogP contribution in [0, 0.1) is 23.2 Å². The predicted octanol–water partition coefficient (Wildman–Crippen LogP) is 2.69. The lowest BCUT2D eigenvalue weighted by Gasteiger charge is -2.45. The summed E-state index contributed by atoms with van der Waals surface area (Å²) in [7, 11) is 0. The van der Waals surface area contributed by atoms with Crippen molar-refractivity contribution in [1.29, 1.82) is 0 Å². The second kappa shape index (κ2) is 9.25. The van der Waals surface area contributed by atoms with Gasteiger partial charge in [-0.1, -0.05) is 57.2 Å². The third-order valence-corrected chi connectivity index (χ3v) is 8.00. The number of benzene rings is 2. The molecular formula is C26H34N4O3. The second-order valence-electron chi connectivity index (χ2n) is 10.0. The van der Waals surface area contributed by atoms with Crippen LogP contribution in [0.4, 0.5) is 0 Å². The van der Waals surface area contributed by atoms with Gasteiger partial charge in [0, 0.05) is 24.7 Å². The van der Waals surface area contributed by atoms with Crippen molar-refractivity contribution in [1.82, 2.24) is 16.1 Å².